The van der Waals surface area contributed by atoms with Crippen molar-refractivity contribution in [2.45, 2.75) is 4.90 Å². The van der Waals surface area contributed by atoms with E-state index in [2.05, 4.69) is 13.2 Å². The van der Waals surface area contributed by atoms with E-state index in [0.29, 0.717) is 5.75 Å². The summed E-state index contributed by atoms with van der Waals surface area (Å²) in [6.45, 7) is 7.46. The Morgan fingerprint density at radius 3 is 2.21 bits per heavy atom. The first kappa shape index (κ1) is 10.9. The van der Waals surface area contributed by atoms with Crippen molar-refractivity contribution in [1.82, 2.24) is 0 Å². The quantitative estimate of drug-likeness (QED) is 0.581. The summed E-state index contributed by atoms with van der Waals surface area (Å²) in [6, 6.07) is 7.47. The molecule has 0 amide bonds. The molecule has 14 heavy (non-hydrogen) atoms. The molecule has 0 atom stereocenters. The van der Waals surface area contributed by atoms with E-state index in [9.17, 15) is 5.11 Å². The molecule has 1 N–H and O–H groups in total. The molecule has 1 aromatic rings. The second kappa shape index (κ2) is 5.55. The van der Waals surface area contributed by atoms with Crippen molar-refractivity contribution >= 4 is 10.9 Å². The molecule has 0 aliphatic carbocycles. The molecule has 0 fully saturated rings. The highest BCUT2D eigenvalue weighted by Gasteiger charge is 2.21. The van der Waals surface area contributed by atoms with E-state index in [4.69, 9.17) is 0 Å². The SMILES string of the molecule is C=CC[S+](CC=C)c1ccccc1O. The standard InChI is InChI=1S/C12H14OS/c1-3-9-14(10-4-2)12-8-6-5-7-11(12)13/h3-8H,1-2,9-10H2/p+1. The van der Waals surface area contributed by atoms with Gasteiger partial charge in [0.2, 0.25) is 0 Å². The molecule has 74 valence electrons. The lowest BCUT2D eigenvalue weighted by atomic mass is 10.3. The van der Waals surface area contributed by atoms with Crippen LogP contribution < -0.4 is 0 Å². The van der Waals surface area contributed by atoms with Crippen molar-refractivity contribution in [1.29, 1.82) is 0 Å². The van der Waals surface area contributed by atoms with Gasteiger partial charge in [-0.2, -0.15) is 0 Å². The minimum Gasteiger partial charge on any atom is -0.503 e. The van der Waals surface area contributed by atoms with Crippen LogP contribution in [0.15, 0.2) is 54.5 Å². The molecule has 0 saturated heterocycles. The van der Waals surface area contributed by atoms with Crippen LogP contribution >= 0.6 is 0 Å². The fourth-order valence-corrected chi connectivity index (χ4v) is 2.93. The third-order valence-corrected chi connectivity index (χ3v) is 4.06. The van der Waals surface area contributed by atoms with Gasteiger partial charge in [0, 0.05) is 10.9 Å². The van der Waals surface area contributed by atoms with Gasteiger partial charge in [0.05, 0.1) is 0 Å². The van der Waals surface area contributed by atoms with E-state index in [1.54, 1.807) is 6.07 Å². The number of hydrogen-bond donors (Lipinski definition) is 1. The maximum atomic E-state index is 9.67. The number of phenols is 1. The maximum absolute atomic E-state index is 9.67. The van der Waals surface area contributed by atoms with Crippen LogP contribution in [-0.2, 0) is 10.9 Å². The molecule has 0 spiro atoms. The van der Waals surface area contributed by atoms with Gasteiger partial charge in [-0.05, 0) is 24.3 Å². The summed E-state index contributed by atoms with van der Waals surface area (Å²) in [5, 5.41) is 9.67. The second-order valence-corrected chi connectivity index (χ2v) is 4.96. The Labute approximate surface area is 88.1 Å². The molecule has 0 aliphatic rings. The highest BCUT2D eigenvalue weighted by molar-refractivity contribution is 7.97. The number of aromatic hydroxyl groups is 1. The smallest absolute Gasteiger partial charge is 0.197 e. The monoisotopic (exact) mass is 207 g/mol. The van der Waals surface area contributed by atoms with Crippen molar-refractivity contribution in [3.8, 4) is 5.75 Å². The third-order valence-electron chi connectivity index (χ3n) is 1.81. The lowest BCUT2D eigenvalue weighted by Gasteiger charge is -2.05. The van der Waals surface area contributed by atoms with Crippen LogP contribution in [0.5, 0.6) is 5.75 Å². The van der Waals surface area contributed by atoms with Crippen molar-refractivity contribution in [3.63, 3.8) is 0 Å². The van der Waals surface area contributed by atoms with Gasteiger partial charge in [-0.3, -0.25) is 0 Å². The van der Waals surface area contributed by atoms with E-state index in [-0.39, 0.29) is 10.9 Å². The minimum atomic E-state index is 0.0144. The topological polar surface area (TPSA) is 20.2 Å². The number of para-hydroxylation sites is 1. The van der Waals surface area contributed by atoms with Crippen LogP contribution in [0.4, 0.5) is 0 Å². The number of phenolic OH excluding ortho intramolecular Hbond substituents is 1. The Morgan fingerprint density at radius 2 is 1.71 bits per heavy atom. The lowest BCUT2D eigenvalue weighted by molar-refractivity contribution is 0.462. The fraction of sp³-hybridized carbons (Fsp3) is 0.167. The number of hydrogen-bond acceptors (Lipinski definition) is 1. The van der Waals surface area contributed by atoms with Crippen molar-refractivity contribution < 1.29 is 5.11 Å². The van der Waals surface area contributed by atoms with Gasteiger partial charge in [-0.25, -0.2) is 0 Å². The Morgan fingerprint density at radius 1 is 1.14 bits per heavy atom. The van der Waals surface area contributed by atoms with Gasteiger partial charge in [-0.1, -0.05) is 25.3 Å². The van der Waals surface area contributed by atoms with Crippen molar-refractivity contribution in [3.05, 3.63) is 49.6 Å². The largest absolute Gasteiger partial charge is 0.503 e. The van der Waals surface area contributed by atoms with Gasteiger partial charge in [0.25, 0.3) is 0 Å². The molecular weight excluding hydrogens is 192 g/mol. The van der Waals surface area contributed by atoms with Crippen LogP contribution in [0.2, 0.25) is 0 Å². The zero-order valence-corrected chi connectivity index (χ0v) is 8.96. The van der Waals surface area contributed by atoms with E-state index in [1.165, 1.54) is 0 Å². The normalized spacial score (nSPS) is 10.1. The Kier molecular flexibility index (Phi) is 4.33. The van der Waals surface area contributed by atoms with Crippen molar-refractivity contribution in [2.75, 3.05) is 11.5 Å². The average Bonchev–Trinajstić information content (AvgIpc) is 2.18. The van der Waals surface area contributed by atoms with Gasteiger partial charge < -0.3 is 5.11 Å². The summed E-state index contributed by atoms with van der Waals surface area (Å²) < 4.78 is 0. The molecule has 0 radical (unpaired) electrons. The molecule has 0 bridgehead atoms. The fourth-order valence-electron chi connectivity index (χ4n) is 1.23. The third kappa shape index (κ3) is 2.67. The van der Waals surface area contributed by atoms with E-state index < -0.39 is 0 Å². The lowest BCUT2D eigenvalue weighted by Crippen LogP contribution is -2.09. The Balaban J connectivity index is 2.91. The molecule has 0 saturated carbocycles. The molecule has 1 aromatic carbocycles. The maximum Gasteiger partial charge on any atom is 0.197 e. The van der Waals surface area contributed by atoms with E-state index >= 15 is 0 Å². The zero-order valence-electron chi connectivity index (χ0n) is 8.15. The minimum absolute atomic E-state index is 0.0144. The van der Waals surface area contributed by atoms with Crippen LogP contribution in [0, 0.1) is 0 Å². The van der Waals surface area contributed by atoms with Gasteiger partial charge >= 0.3 is 0 Å². The zero-order chi connectivity index (χ0) is 10.4. The van der Waals surface area contributed by atoms with Crippen LogP contribution in [0.25, 0.3) is 0 Å². The van der Waals surface area contributed by atoms with E-state index in [0.717, 1.165) is 16.4 Å². The summed E-state index contributed by atoms with van der Waals surface area (Å²) in [5.74, 6) is 2.16. The molecular formula is C12H15OS+. The van der Waals surface area contributed by atoms with Crippen molar-refractivity contribution in [2.24, 2.45) is 0 Å². The van der Waals surface area contributed by atoms with Crippen LogP contribution in [0.1, 0.15) is 0 Å². The van der Waals surface area contributed by atoms with Crippen LogP contribution in [0.3, 0.4) is 0 Å². The highest BCUT2D eigenvalue weighted by atomic mass is 32.2. The number of rotatable bonds is 5. The first-order valence-electron chi connectivity index (χ1n) is 4.47. The van der Waals surface area contributed by atoms with Gasteiger partial charge in [0.15, 0.2) is 10.6 Å². The molecule has 0 aromatic heterocycles. The summed E-state index contributed by atoms with van der Waals surface area (Å²) in [7, 11) is 0.0144. The molecule has 0 unspecified atom stereocenters. The summed E-state index contributed by atoms with van der Waals surface area (Å²) in [4.78, 5) is 1.01. The summed E-state index contributed by atoms with van der Waals surface area (Å²) >= 11 is 0. The number of benzene rings is 1. The summed E-state index contributed by atoms with van der Waals surface area (Å²) in [6.07, 6.45) is 3.78. The second-order valence-electron chi connectivity index (χ2n) is 2.87. The van der Waals surface area contributed by atoms with Gasteiger partial charge in [-0.15, -0.1) is 0 Å². The Bertz CT molecular complexity index is 310. The molecule has 2 heteroatoms. The first-order valence-corrected chi connectivity index (χ1v) is 6.03. The predicted octanol–water partition coefficient (Wildman–Crippen LogP) is 2.74. The first-order chi connectivity index (χ1) is 6.79. The predicted molar refractivity (Wildman–Crippen MR) is 63.9 cm³/mol. The summed E-state index contributed by atoms with van der Waals surface area (Å²) in [5.41, 5.74) is 0. The van der Waals surface area contributed by atoms with E-state index in [1.807, 2.05) is 30.4 Å². The van der Waals surface area contributed by atoms with Crippen LogP contribution in [-0.4, -0.2) is 16.6 Å². The average molecular weight is 207 g/mol. The molecule has 0 heterocycles. The highest BCUT2D eigenvalue weighted by Crippen LogP contribution is 2.24. The molecule has 1 rings (SSSR count). The molecule has 1 nitrogen and oxygen atoms in total. The Hall–Kier alpha value is -1.15. The molecule has 0 aliphatic heterocycles. The van der Waals surface area contributed by atoms with Gasteiger partial charge in [0.1, 0.15) is 11.5 Å².